The van der Waals surface area contributed by atoms with E-state index in [0.717, 1.165) is 22.7 Å². The summed E-state index contributed by atoms with van der Waals surface area (Å²) >= 11 is 3.64. The number of hydrogen-bond donors (Lipinski definition) is 0. The minimum Gasteiger partial charge on any atom is -0.310 e. The smallest absolute Gasteiger partial charge is 0.0747 e. The van der Waals surface area contributed by atoms with Gasteiger partial charge in [-0.25, -0.2) is 0 Å². The first-order chi connectivity index (χ1) is 32.5. The molecule has 312 valence electrons. The van der Waals surface area contributed by atoms with Crippen molar-refractivity contribution in [2.75, 3.05) is 9.80 Å². The van der Waals surface area contributed by atoms with E-state index in [1.54, 1.807) is 0 Å². The van der Waals surface area contributed by atoms with Crippen LogP contribution in [-0.4, -0.2) is 0 Å². The van der Waals surface area contributed by atoms with Gasteiger partial charge in [0.05, 0.1) is 21.5 Å². The minimum atomic E-state index is -0.440. The number of benzene rings is 9. The molecule has 3 aliphatic rings. The maximum atomic E-state index is 2.52. The third kappa shape index (κ3) is 5.11. The molecule has 0 unspecified atom stereocenters. The minimum absolute atomic E-state index is 0.267. The third-order valence-electron chi connectivity index (χ3n) is 14.8. The molecule has 14 rings (SSSR count). The molecule has 0 saturated carbocycles. The first kappa shape index (κ1) is 37.8. The Hall–Kier alpha value is -7.50. The number of rotatable bonds is 6. The lowest BCUT2D eigenvalue weighted by atomic mass is 9.70. The largest absolute Gasteiger partial charge is 0.310 e. The maximum Gasteiger partial charge on any atom is 0.0747 e. The molecule has 0 atom stereocenters. The lowest BCUT2D eigenvalue weighted by Crippen LogP contribution is -2.26. The molecule has 3 aliphatic carbocycles. The van der Waals surface area contributed by atoms with Crippen molar-refractivity contribution in [3.8, 4) is 33.4 Å². The molecule has 0 bridgehead atoms. The topological polar surface area (TPSA) is 6.48 Å². The van der Waals surface area contributed by atoms with E-state index in [-0.39, 0.29) is 5.41 Å². The number of thiophene rings is 2. The summed E-state index contributed by atoms with van der Waals surface area (Å²) in [6, 6.07) is 77.5. The zero-order chi connectivity index (χ0) is 43.7. The van der Waals surface area contributed by atoms with Gasteiger partial charge in [-0.1, -0.05) is 159 Å². The van der Waals surface area contributed by atoms with E-state index in [0.29, 0.717) is 0 Å². The van der Waals surface area contributed by atoms with E-state index in [1.807, 2.05) is 22.7 Å². The van der Waals surface area contributed by atoms with Crippen LogP contribution in [0.1, 0.15) is 47.2 Å². The van der Waals surface area contributed by atoms with Crippen molar-refractivity contribution in [3.63, 3.8) is 0 Å². The second-order valence-electron chi connectivity index (χ2n) is 18.4. The molecule has 0 aliphatic heterocycles. The molecule has 1 spiro atoms. The Morgan fingerprint density at radius 1 is 0.364 bits per heavy atom. The molecule has 2 aromatic heterocycles. The number of nitrogens with zero attached hydrogens (tertiary/aromatic N) is 2. The van der Waals surface area contributed by atoms with Gasteiger partial charge in [0.1, 0.15) is 0 Å². The monoisotopic (exact) mass is 878 g/mol. The molecular formula is C62H42N2S2. The first-order valence-corrected chi connectivity index (χ1v) is 24.6. The average molecular weight is 879 g/mol. The van der Waals surface area contributed by atoms with Crippen LogP contribution in [0.2, 0.25) is 0 Å². The Morgan fingerprint density at radius 2 is 0.848 bits per heavy atom. The third-order valence-corrected chi connectivity index (χ3v) is 16.8. The summed E-state index contributed by atoms with van der Waals surface area (Å²) in [7, 11) is 0. The van der Waals surface area contributed by atoms with Crippen LogP contribution < -0.4 is 9.80 Å². The summed E-state index contributed by atoms with van der Waals surface area (Å²) in [5, 5.41) is 6.97. The van der Waals surface area contributed by atoms with Crippen LogP contribution in [0.4, 0.5) is 34.1 Å². The summed E-state index contributed by atoms with van der Waals surface area (Å²) < 4.78 is 2.65. The number of hydrogen-bond acceptors (Lipinski definition) is 4. The number of fused-ring (bicyclic) bond motifs is 15. The van der Waals surface area contributed by atoms with Gasteiger partial charge in [-0.05, 0) is 138 Å². The van der Waals surface area contributed by atoms with Crippen LogP contribution in [0, 0.1) is 0 Å². The fourth-order valence-corrected chi connectivity index (χ4v) is 14.0. The fourth-order valence-electron chi connectivity index (χ4n) is 12.0. The van der Waals surface area contributed by atoms with Crippen molar-refractivity contribution < 1.29 is 0 Å². The van der Waals surface area contributed by atoms with Crippen LogP contribution in [0.3, 0.4) is 0 Å². The van der Waals surface area contributed by atoms with Gasteiger partial charge in [-0.2, -0.15) is 0 Å². The summed E-state index contributed by atoms with van der Waals surface area (Å²) in [6.45, 7) is 4.82. The van der Waals surface area contributed by atoms with E-state index in [2.05, 4.69) is 241 Å². The van der Waals surface area contributed by atoms with E-state index in [4.69, 9.17) is 0 Å². The molecule has 2 nitrogen and oxygen atoms in total. The Morgan fingerprint density at radius 3 is 1.47 bits per heavy atom. The summed E-state index contributed by atoms with van der Waals surface area (Å²) in [6.07, 6.45) is 0. The quantitative estimate of drug-likeness (QED) is 0.164. The number of para-hydroxylation sites is 1. The Balaban J connectivity index is 0.957. The van der Waals surface area contributed by atoms with Crippen LogP contribution in [0.15, 0.2) is 217 Å². The van der Waals surface area contributed by atoms with E-state index in [1.165, 1.54) is 98.3 Å². The normalized spacial score (nSPS) is 14.2. The molecule has 0 amide bonds. The predicted molar refractivity (Wildman–Crippen MR) is 280 cm³/mol. The number of anilines is 6. The highest BCUT2D eigenvalue weighted by Crippen LogP contribution is 2.63. The van der Waals surface area contributed by atoms with Gasteiger partial charge in [0.15, 0.2) is 0 Å². The zero-order valence-corrected chi connectivity index (χ0v) is 38.1. The molecule has 0 fully saturated rings. The molecule has 0 saturated heterocycles. The highest BCUT2D eigenvalue weighted by molar-refractivity contribution is 7.27. The molecule has 4 heteroatoms. The molecule has 11 aromatic rings. The van der Waals surface area contributed by atoms with Crippen molar-refractivity contribution in [2.24, 2.45) is 0 Å². The summed E-state index contributed by atoms with van der Waals surface area (Å²) in [5.74, 6) is 0. The van der Waals surface area contributed by atoms with Gasteiger partial charge in [0.2, 0.25) is 0 Å². The second kappa shape index (κ2) is 14.0. The SMILES string of the molecule is CC1(C)c2cc(N(c3ccc4c(c3)C3(c5ccccc5-c5ccccc53)c3ccccc3-4)c3cccc4ccccc34)ccc2-c2ccc(N(c3ccccc3)c3csc4ccsc34)cc21. The molecular weight excluding hydrogens is 837 g/mol. The van der Waals surface area contributed by atoms with Gasteiger partial charge >= 0.3 is 0 Å². The fraction of sp³-hybridized carbons (Fsp3) is 0.0645. The lowest BCUT2D eigenvalue weighted by molar-refractivity contribution is 0.660. The predicted octanol–water partition coefficient (Wildman–Crippen LogP) is 17.7. The van der Waals surface area contributed by atoms with Crippen molar-refractivity contribution >= 4 is 77.0 Å². The van der Waals surface area contributed by atoms with E-state index >= 15 is 0 Å². The molecule has 0 N–H and O–H groups in total. The van der Waals surface area contributed by atoms with Gasteiger partial charge < -0.3 is 9.80 Å². The van der Waals surface area contributed by atoms with Gasteiger partial charge in [0.25, 0.3) is 0 Å². The van der Waals surface area contributed by atoms with Gasteiger partial charge in [-0.15, -0.1) is 22.7 Å². The van der Waals surface area contributed by atoms with E-state index < -0.39 is 5.41 Å². The molecule has 9 aromatic carbocycles. The van der Waals surface area contributed by atoms with Crippen molar-refractivity contribution in [3.05, 3.63) is 250 Å². The Kier molecular flexibility index (Phi) is 8.03. The molecule has 66 heavy (non-hydrogen) atoms. The van der Waals surface area contributed by atoms with Crippen LogP contribution >= 0.6 is 22.7 Å². The molecule has 0 radical (unpaired) electrons. The average Bonchev–Trinajstić information content (AvgIpc) is 4.17. The molecule has 2 heterocycles. The van der Waals surface area contributed by atoms with Gasteiger partial charge in [0, 0.05) is 43.6 Å². The zero-order valence-electron chi connectivity index (χ0n) is 36.5. The van der Waals surface area contributed by atoms with Crippen LogP contribution in [-0.2, 0) is 10.8 Å². The first-order valence-electron chi connectivity index (χ1n) is 22.8. The van der Waals surface area contributed by atoms with Crippen LogP contribution in [0.5, 0.6) is 0 Å². The lowest BCUT2D eigenvalue weighted by Gasteiger charge is -2.33. The Bertz CT molecular complexity index is 3710. The summed E-state index contributed by atoms with van der Waals surface area (Å²) in [4.78, 5) is 4.97. The highest BCUT2D eigenvalue weighted by Gasteiger charge is 2.51. The maximum absolute atomic E-state index is 2.52. The highest BCUT2D eigenvalue weighted by atomic mass is 32.1. The van der Waals surface area contributed by atoms with Crippen molar-refractivity contribution in [1.82, 2.24) is 0 Å². The second-order valence-corrected chi connectivity index (χ2v) is 20.3. The van der Waals surface area contributed by atoms with Crippen molar-refractivity contribution in [2.45, 2.75) is 24.7 Å². The summed E-state index contributed by atoms with van der Waals surface area (Å²) in [5.41, 5.74) is 22.2. The Labute approximate surface area is 392 Å². The van der Waals surface area contributed by atoms with Crippen molar-refractivity contribution in [1.29, 1.82) is 0 Å². The van der Waals surface area contributed by atoms with Crippen LogP contribution in [0.25, 0.3) is 53.6 Å². The van der Waals surface area contributed by atoms with E-state index in [9.17, 15) is 0 Å². The standard InChI is InChI=1S/C62H42N2S2/c1-61(2)54-35-41(63(40-17-4-3-5-18-40)58-38-66-59-33-34-65-60(58)59)27-30-48(54)49-31-28-42(36-55(49)61)64(57-26-14-16-39-15-6-7-19-44(39)57)43-29-32-50-47-22-10-13-25-53(47)62(56(50)37-43)51-23-11-8-20-45(51)46-21-9-12-24-52(46)62/h3-38H,1-2H3. The van der Waals surface area contributed by atoms with Gasteiger partial charge in [-0.3, -0.25) is 0 Å².